The highest BCUT2D eigenvalue weighted by atomic mass is 19.1. The second kappa shape index (κ2) is 9.28. The number of piperidine rings is 1. The van der Waals surface area contributed by atoms with Crippen LogP contribution in [0, 0.1) is 17.1 Å². The lowest BCUT2D eigenvalue weighted by Gasteiger charge is -2.33. The van der Waals surface area contributed by atoms with Crippen LogP contribution in [0.2, 0.25) is 0 Å². The molecule has 2 aromatic heterocycles. The zero-order chi connectivity index (χ0) is 23.5. The minimum Gasteiger partial charge on any atom is -0.382 e. The molecule has 4 aromatic rings. The highest BCUT2D eigenvalue weighted by molar-refractivity contribution is 5.97. The van der Waals surface area contributed by atoms with E-state index in [0.29, 0.717) is 18.7 Å². The van der Waals surface area contributed by atoms with Crippen molar-refractivity contribution in [3.63, 3.8) is 0 Å². The van der Waals surface area contributed by atoms with Gasteiger partial charge in [-0.25, -0.2) is 4.39 Å². The fourth-order valence-electron chi connectivity index (χ4n) is 4.39. The Morgan fingerprint density at radius 1 is 1.03 bits per heavy atom. The van der Waals surface area contributed by atoms with Crippen molar-refractivity contribution in [3.8, 4) is 17.2 Å². The first-order valence-corrected chi connectivity index (χ1v) is 11.2. The van der Waals surface area contributed by atoms with E-state index in [0.717, 1.165) is 40.4 Å². The van der Waals surface area contributed by atoms with Crippen molar-refractivity contribution in [1.82, 2.24) is 14.9 Å². The predicted octanol–water partition coefficient (Wildman–Crippen LogP) is 5.02. The molecule has 1 amide bonds. The lowest BCUT2D eigenvalue weighted by Crippen LogP contribution is -2.42. The average Bonchev–Trinajstić information content (AvgIpc) is 2.89. The third kappa shape index (κ3) is 4.30. The van der Waals surface area contributed by atoms with E-state index in [-0.39, 0.29) is 17.5 Å². The van der Waals surface area contributed by atoms with Crippen LogP contribution in [0.25, 0.3) is 21.9 Å². The van der Waals surface area contributed by atoms with Gasteiger partial charge in [0.05, 0.1) is 11.1 Å². The first-order valence-electron chi connectivity index (χ1n) is 11.2. The van der Waals surface area contributed by atoms with Crippen molar-refractivity contribution in [2.45, 2.75) is 18.9 Å². The summed E-state index contributed by atoms with van der Waals surface area (Å²) in [6.45, 7) is 1.31. The molecule has 0 bridgehead atoms. The normalized spacial score (nSPS) is 14.1. The smallest absolute Gasteiger partial charge is 0.255 e. The Morgan fingerprint density at radius 2 is 1.85 bits per heavy atom. The molecule has 2 aromatic carbocycles. The number of amides is 1. The summed E-state index contributed by atoms with van der Waals surface area (Å²) >= 11 is 0. The van der Waals surface area contributed by atoms with E-state index in [1.807, 2.05) is 35.4 Å². The number of halogens is 1. The van der Waals surface area contributed by atoms with Crippen molar-refractivity contribution in [2.75, 3.05) is 18.4 Å². The first-order chi connectivity index (χ1) is 16.6. The van der Waals surface area contributed by atoms with Gasteiger partial charge in [-0.05, 0) is 71.8 Å². The highest BCUT2D eigenvalue weighted by Crippen LogP contribution is 2.32. The highest BCUT2D eigenvalue weighted by Gasteiger charge is 2.24. The van der Waals surface area contributed by atoms with Gasteiger partial charge in [0.25, 0.3) is 5.91 Å². The monoisotopic (exact) mass is 451 g/mol. The third-order valence-corrected chi connectivity index (χ3v) is 6.23. The molecule has 3 heterocycles. The quantitative estimate of drug-likeness (QED) is 0.471. The standard InChI is InChI=1S/C27H22FN5O/c28-25-4-3-18(12-22(25)15-29)21-13-19-5-9-31-17-24(19)26(14-21)32-23-6-10-33(11-7-23)27(34)20-2-1-8-30-16-20/h1-5,8-9,12-14,16-17,23,32H,6-7,10-11H2. The van der Waals surface area contributed by atoms with Crippen LogP contribution in [0.3, 0.4) is 0 Å². The molecule has 0 aliphatic carbocycles. The van der Waals surface area contributed by atoms with E-state index in [4.69, 9.17) is 0 Å². The molecule has 0 spiro atoms. The lowest BCUT2D eigenvalue weighted by molar-refractivity contribution is 0.0718. The van der Waals surface area contributed by atoms with E-state index in [1.165, 1.54) is 6.07 Å². The van der Waals surface area contributed by atoms with Crippen molar-refractivity contribution in [3.05, 3.63) is 90.3 Å². The second-order valence-electron chi connectivity index (χ2n) is 8.38. The molecule has 1 saturated heterocycles. The fourth-order valence-corrected chi connectivity index (χ4v) is 4.39. The van der Waals surface area contributed by atoms with Crippen LogP contribution in [0.1, 0.15) is 28.8 Å². The number of pyridine rings is 2. The number of anilines is 1. The minimum absolute atomic E-state index is 0.00723. The number of hydrogen-bond donors (Lipinski definition) is 1. The zero-order valence-corrected chi connectivity index (χ0v) is 18.4. The van der Waals surface area contributed by atoms with Crippen LogP contribution < -0.4 is 5.32 Å². The largest absolute Gasteiger partial charge is 0.382 e. The Bertz CT molecular complexity index is 1390. The summed E-state index contributed by atoms with van der Waals surface area (Å²) in [5.41, 5.74) is 3.22. The second-order valence-corrected chi connectivity index (χ2v) is 8.38. The van der Waals surface area contributed by atoms with Gasteiger partial charge >= 0.3 is 0 Å². The zero-order valence-electron chi connectivity index (χ0n) is 18.4. The van der Waals surface area contributed by atoms with E-state index < -0.39 is 5.82 Å². The molecule has 0 unspecified atom stereocenters. The molecule has 5 rings (SSSR count). The SMILES string of the molecule is N#Cc1cc(-c2cc(NC3CCN(C(=O)c4cccnc4)CC3)c3cnccc3c2)ccc1F. The molecule has 1 fully saturated rings. The maximum atomic E-state index is 13.8. The first kappa shape index (κ1) is 21.5. The van der Waals surface area contributed by atoms with E-state index >= 15 is 0 Å². The number of hydrogen-bond acceptors (Lipinski definition) is 5. The molecule has 7 heteroatoms. The summed E-state index contributed by atoms with van der Waals surface area (Å²) in [5, 5.41) is 14.9. The van der Waals surface area contributed by atoms with Crippen LogP contribution in [0.5, 0.6) is 0 Å². The number of nitrogens with zero attached hydrogens (tertiary/aromatic N) is 4. The maximum absolute atomic E-state index is 13.8. The number of carbonyl (C=O) groups excluding carboxylic acids is 1. The summed E-state index contributed by atoms with van der Waals surface area (Å²) < 4.78 is 13.8. The minimum atomic E-state index is -0.526. The number of fused-ring (bicyclic) bond motifs is 1. The molecule has 168 valence electrons. The number of aromatic nitrogens is 2. The van der Waals surface area contributed by atoms with Crippen molar-refractivity contribution >= 4 is 22.4 Å². The molecule has 1 aliphatic rings. The van der Waals surface area contributed by atoms with E-state index in [2.05, 4.69) is 15.3 Å². The number of nitriles is 1. The van der Waals surface area contributed by atoms with Gasteiger partial charge in [0.1, 0.15) is 11.9 Å². The number of benzene rings is 2. The van der Waals surface area contributed by atoms with Crippen molar-refractivity contribution in [1.29, 1.82) is 5.26 Å². The Balaban J connectivity index is 1.38. The van der Waals surface area contributed by atoms with Crippen LogP contribution in [0.15, 0.2) is 73.3 Å². The van der Waals surface area contributed by atoms with E-state index in [1.54, 1.807) is 42.9 Å². The van der Waals surface area contributed by atoms with Gasteiger partial charge in [-0.3, -0.25) is 14.8 Å². The summed E-state index contributed by atoms with van der Waals surface area (Å²) in [6.07, 6.45) is 8.45. The summed E-state index contributed by atoms with van der Waals surface area (Å²) in [7, 11) is 0. The van der Waals surface area contributed by atoms with E-state index in [9.17, 15) is 14.4 Å². The fraction of sp³-hybridized carbons (Fsp3) is 0.185. The van der Waals surface area contributed by atoms with Gasteiger partial charge in [-0.15, -0.1) is 0 Å². The van der Waals surface area contributed by atoms with Crippen LogP contribution in [0.4, 0.5) is 10.1 Å². The van der Waals surface area contributed by atoms with Crippen molar-refractivity contribution in [2.24, 2.45) is 0 Å². The van der Waals surface area contributed by atoms with Gasteiger partial charge in [-0.2, -0.15) is 5.26 Å². The Kier molecular flexibility index (Phi) is 5.88. The van der Waals surface area contributed by atoms with Gasteiger partial charge in [-0.1, -0.05) is 6.07 Å². The van der Waals surface area contributed by atoms with Gasteiger partial charge < -0.3 is 10.2 Å². The molecule has 1 N–H and O–H groups in total. The van der Waals surface area contributed by atoms with Crippen molar-refractivity contribution < 1.29 is 9.18 Å². The van der Waals surface area contributed by atoms with Crippen LogP contribution in [-0.4, -0.2) is 39.9 Å². The molecule has 0 saturated carbocycles. The molecular weight excluding hydrogens is 429 g/mol. The summed E-state index contributed by atoms with van der Waals surface area (Å²) in [6, 6.07) is 16.2. The lowest BCUT2D eigenvalue weighted by atomic mass is 9.98. The number of rotatable bonds is 4. The summed E-state index contributed by atoms with van der Waals surface area (Å²) in [4.78, 5) is 22.9. The Labute approximate surface area is 196 Å². The van der Waals surface area contributed by atoms with Gasteiger partial charge in [0.2, 0.25) is 0 Å². The van der Waals surface area contributed by atoms with Crippen LogP contribution >= 0.6 is 0 Å². The molecule has 1 aliphatic heterocycles. The Hall–Kier alpha value is -4.31. The molecule has 0 radical (unpaired) electrons. The predicted molar refractivity (Wildman–Crippen MR) is 129 cm³/mol. The number of nitrogens with one attached hydrogen (secondary N) is 1. The third-order valence-electron chi connectivity index (χ3n) is 6.23. The number of carbonyl (C=O) groups is 1. The molecule has 0 atom stereocenters. The molecule has 6 nitrogen and oxygen atoms in total. The molecular formula is C27H22FN5O. The van der Waals surface area contributed by atoms with Gasteiger partial charge in [0.15, 0.2) is 0 Å². The number of likely N-dealkylation sites (tertiary alicyclic amines) is 1. The maximum Gasteiger partial charge on any atom is 0.255 e. The van der Waals surface area contributed by atoms with Crippen LogP contribution in [-0.2, 0) is 0 Å². The topological polar surface area (TPSA) is 81.9 Å². The summed E-state index contributed by atoms with van der Waals surface area (Å²) in [5.74, 6) is -0.519. The Morgan fingerprint density at radius 3 is 2.62 bits per heavy atom. The van der Waals surface area contributed by atoms with Gasteiger partial charge in [0, 0.05) is 55.0 Å². The average molecular weight is 452 g/mol. The molecule has 34 heavy (non-hydrogen) atoms.